The van der Waals surface area contributed by atoms with Gasteiger partial charge in [-0.1, -0.05) is 13.8 Å². The van der Waals surface area contributed by atoms with Gasteiger partial charge in [-0.05, 0) is 12.8 Å². The first-order valence-electron chi connectivity index (χ1n) is 4.76. The molecule has 3 nitrogen and oxygen atoms in total. The van der Waals surface area contributed by atoms with Crippen LogP contribution in [-0.4, -0.2) is 13.1 Å². The lowest BCUT2D eigenvalue weighted by atomic mass is 10.2. The summed E-state index contributed by atoms with van der Waals surface area (Å²) in [5.41, 5.74) is -0.0668. The van der Waals surface area contributed by atoms with Crippen molar-refractivity contribution in [3.8, 4) is 0 Å². The number of nitrogens with zero attached hydrogens (tertiary/aromatic N) is 1. The highest BCUT2D eigenvalue weighted by atomic mass is 16.2. The van der Waals surface area contributed by atoms with Crippen LogP contribution in [0.2, 0.25) is 0 Å². The molecule has 0 aliphatic rings. The van der Waals surface area contributed by atoms with Gasteiger partial charge in [0.25, 0.3) is 0 Å². The van der Waals surface area contributed by atoms with Crippen LogP contribution in [-0.2, 0) is 0 Å². The van der Waals surface area contributed by atoms with Gasteiger partial charge < -0.3 is 4.90 Å². The maximum Gasteiger partial charge on any atom is 0.249 e. The highest BCUT2D eigenvalue weighted by molar-refractivity contribution is 5.50. The van der Waals surface area contributed by atoms with Crippen LogP contribution in [0.1, 0.15) is 26.7 Å². The van der Waals surface area contributed by atoms with Crippen LogP contribution in [0, 0.1) is 0 Å². The van der Waals surface area contributed by atoms with Gasteiger partial charge in [-0.15, -0.1) is 0 Å². The van der Waals surface area contributed by atoms with Crippen LogP contribution in [0.5, 0.6) is 0 Å². The van der Waals surface area contributed by atoms with E-state index in [1.54, 1.807) is 0 Å². The van der Waals surface area contributed by atoms with Crippen molar-refractivity contribution in [2.24, 2.45) is 0 Å². The van der Waals surface area contributed by atoms with Crippen molar-refractivity contribution in [2.45, 2.75) is 26.7 Å². The van der Waals surface area contributed by atoms with Crippen molar-refractivity contribution < 1.29 is 0 Å². The Balaban J connectivity index is 2.72. The minimum absolute atomic E-state index is 0.318. The third kappa shape index (κ3) is 1.97. The van der Waals surface area contributed by atoms with E-state index < -0.39 is 0 Å². The maximum atomic E-state index is 11.1. The molecule has 0 bridgehead atoms. The van der Waals surface area contributed by atoms with Crippen LogP contribution in [0.15, 0.2) is 15.7 Å². The predicted molar refractivity (Wildman–Crippen MR) is 54.1 cm³/mol. The van der Waals surface area contributed by atoms with Crippen molar-refractivity contribution in [1.82, 2.24) is 0 Å². The molecular weight excluding hydrogens is 166 g/mol. The molecule has 1 rings (SSSR count). The predicted octanol–water partition coefficient (Wildman–Crippen LogP) is 0.909. The first-order valence-corrected chi connectivity index (χ1v) is 4.76. The first-order chi connectivity index (χ1) is 6.20. The van der Waals surface area contributed by atoms with Crippen molar-refractivity contribution in [3.63, 3.8) is 0 Å². The summed E-state index contributed by atoms with van der Waals surface area (Å²) in [7, 11) is 0. The summed E-state index contributed by atoms with van der Waals surface area (Å²) in [6.07, 6.45) is 2.00. The fraction of sp³-hybridized carbons (Fsp3) is 0.600. The van der Waals surface area contributed by atoms with Crippen LogP contribution in [0.4, 0.5) is 5.69 Å². The largest absolute Gasteiger partial charge is 0.368 e. The third-order valence-electron chi connectivity index (χ3n) is 2.05. The molecular formula is C10H15NO2. The van der Waals surface area contributed by atoms with E-state index in [0.29, 0.717) is 5.69 Å². The van der Waals surface area contributed by atoms with E-state index in [2.05, 4.69) is 13.8 Å². The molecule has 0 heterocycles. The Labute approximate surface area is 77.7 Å². The normalized spacial score (nSPS) is 10.6. The van der Waals surface area contributed by atoms with Crippen LogP contribution in [0.3, 0.4) is 0 Å². The van der Waals surface area contributed by atoms with Crippen LogP contribution >= 0.6 is 0 Å². The number of rotatable bonds is 5. The molecule has 0 radical (unpaired) electrons. The number of anilines is 1. The molecule has 0 aromatic heterocycles. The van der Waals surface area contributed by atoms with Crippen molar-refractivity contribution >= 4 is 5.69 Å². The Morgan fingerprint density at radius 3 is 2.00 bits per heavy atom. The Morgan fingerprint density at radius 2 is 1.69 bits per heavy atom. The molecule has 0 amide bonds. The monoisotopic (exact) mass is 181 g/mol. The van der Waals surface area contributed by atoms with Crippen molar-refractivity contribution in [2.75, 3.05) is 18.0 Å². The summed E-state index contributed by atoms with van der Waals surface area (Å²) in [4.78, 5) is 23.8. The lowest BCUT2D eigenvalue weighted by Gasteiger charge is -2.23. The second-order valence-electron chi connectivity index (χ2n) is 3.21. The van der Waals surface area contributed by atoms with E-state index >= 15 is 0 Å². The van der Waals surface area contributed by atoms with Gasteiger partial charge in [-0.3, -0.25) is 9.59 Å². The Kier molecular flexibility index (Phi) is 3.23. The van der Waals surface area contributed by atoms with Gasteiger partial charge in [0.15, 0.2) is 0 Å². The molecule has 0 spiro atoms. The van der Waals surface area contributed by atoms with Gasteiger partial charge in [0, 0.05) is 19.2 Å². The molecule has 72 valence electrons. The molecule has 0 atom stereocenters. The highest BCUT2D eigenvalue weighted by Gasteiger charge is 2.15. The second-order valence-corrected chi connectivity index (χ2v) is 3.21. The van der Waals surface area contributed by atoms with Gasteiger partial charge in [-0.25, -0.2) is 0 Å². The Morgan fingerprint density at radius 1 is 1.15 bits per heavy atom. The summed E-state index contributed by atoms with van der Waals surface area (Å²) in [6.45, 7) is 5.85. The van der Waals surface area contributed by atoms with E-state index in [1.807, 2.05) is 4.90 Å². The first kappa shape index (κ1) is 9.96. The van der Waals surface area contributed by atoms with Gasteiger partial charge >= 0.3 is 0 Å². The van der Waals surface area contributed by atoms with Crippen molar-refractivity contribution in [1.29, 1.82) is 0 Å². The van der Waals surface area contributed by atoms with Crippen LogP contribution < -0.4 is 15.8 Å². The molecule has 0 saturated heterocycles. The lowest BCUT2D eigenvalue weighted by molar-refractivity contribution is 0.739. The minimum atomic E-state index is -0.354. The summed E-state index contributed by atoms with van der Waals surface area (Å²) in [5.74, 6) is 0. The van der Waals surface area contributed by atoms with E-state index in [4.69, 9.17) is 0 Å². The van der Waals surface area contributed by atoms with E-state index in [-0.39, 0.29) is 10.9 Å². The average Bonchev–Trinajstić information content (AvgIpc) is 2.13. The molecule has 0 N–H and O–H groups in total. The third-order valence-corrected chi connectivity index (χ3v) is 2.05. The summed E-state index contributed by atoms with van der Waals surface area (Å²) < 4.78 is 0. The average molecular weight is 181 g/mol. The smallest absolute Gasteiger partial charge is 0.249 e. The second kappa shape index (κ2) is 4.21. The SMILES string of the molecule is CCCN(CCC)c1cc(=O)c1=O. The fourth-order valence-electron chi connectivity index (χ4n) is 1.43. The highest BCUT2D eigenvalue weighted by Crippen LogP contribution is 2.07. The fourth-order valence-corrected chi connectivity index (χ4v) is 1.43. The molecule has 3 heteroatoms. The van der Waals surface area contributed by atoms with Gasteiger partial charge in [0.1, 0.15) is 0 Å². The van der Waals surface area contributed by atoms with E-state index in [9.17, 15) is 9.59 Å². The lowest BCUT2D eigenvalue weighted by Crippen LogP contribution is -2.40. The molecule has 0 fully saturated rings. The molecule has 1 aromatic carbocycles. The molecule has 1 aromatic rings. The standard InChI is InChI=1S/C10H15NO2/c1-3-5-11(6-4-2)8-7-9(12)10(8)13/h7H,3-6H2,1-2H3. The molecule has 0 saturated carbocycles. The molecule has 0 aliphatic heterocycles. The molecule has 0 aliphatic carbocycles. The zero-order valence-electron chi connectivity index (χ0n) is 8.17. The topological polar surface area (TPSA) is 37.4 Å². The zero-order valence-corrected chi connectivity index (χ0v) is 8.17. The van der Waals surface area contributed by atoms with Gasteiger partial charge in [-0.2, -0.15) is 0 Å². The van der Waals surface area contributed by atoms with E-state index in [1.165, 1.54) is 6.07 Å². The van der Waals surface area contributed by atoms with E-state index in [0.717, 1.165) is 25.9 Å². The minimum Gasteiger partial charge on any atom is -0.368 e. The van der Waals surface area contributed by atoms with Gasteiger partial charge in [0.2, 0.25) is 10.9 Å². The molecule has 0 unspecified atom stereocenters. The maximum absolute atomic E-state index is 11.1. The molecule has 13 heavy (non-hydrogen) atoms. The summed E-state index contributed by atoms with van der Waals surface area (Å²) >= 11 is 0. The van der Waals surface area contributed by atoms with Crippen LogP contribution in [0.25, 0.3) is 0 Å². The van der Waals surface area contributed by atoms with Gasteiger partial charge in [0.05, 0.1) is 5.69 Å². The Hall–Kier alpha value is -1.12. The number of hydrogen-bond donors (Lipinski definition) is 0. The van der Waals surface area contributed by atoms with Crippen molar-refractivity contribution in [3.05, 3.63) is 26.5 Å². The zero-order chi connectivity index (χ0) is 9.84. The summed E-state index contributed by atoms with van der Waals surface area (Å²) in [5, 5.41) is 0. The quantitative estimate of drug-likeness (QED) is 0.633. The number of hydrogen-bond acceptors (Lipinski definition) is 3. The Bertz CT molecular complexity index is 330. The summed E-state index contributed by atoms with van der Waals surface area (Å²) in [6, 6.07) is 1.44.